The van der Waals surface area contributed by atoms with Gasteiger partial charge in [0.05, 0.1) is 23.3 Å². The molecule has 6 heteroatoms. The Kier molecular flexibility index (Phi) is 5.42. The Hall–Kier alpha value is -3.80. The number of azo groups is 1. The molecule has 29 heavy (non-hydrogen) atoms. The van der Waals surface area contributed by atoms with Crippen LogP contribution in [0, 0.1) is 6.92 Å². The molecular formula is C23H22N6. The highest BCUT2D eigenvalue weighted by molar-refractivity contribution is 5.81. The zero-order valence-electron chi connectivity index (χ0n) is 16.4. The van der Waals surface area contributed by atoms with Crippen molar-refractivity contribution < 1.29 is 0 Å². The number of imidazole rings is 1. The van der Waals surface area contributed by atoms with Gasteiger partial charge in [0.25, 0.3) is 5.95 Å². The van der Waals surface area contributed by atoms with Gasteiger partial charge in [-0.25, -0.2) is 4.98 Å². The van der Waals surface area contributed by atoms with E-state index in [0.29, 0.717) is 18.3 Å². The summed E-state index contributed by atoms with van der Waals surface area (Å²) in [5.41, 5.74) is 8.20. The minimum atomic E-state index is 0.520. The number of benzene rings is 3. The van der Waals surface area contributed by atoms with E-state index in [1.807, 2.05) is 73.7 Å². The molecule has 0 bridgehead atoms. The molecule has 0 aliphatic rings. The molecule has 0 radical (unpaired) electrons. The van der Waals surface area contributed by atoms with Crippen molar-refractivity contribution in [2.24, 2.45) is 15.3 Å². The number of aromatic nitrogens is 2. The maximum absolute atomic E-state index is 4.64. The first kappa shape index (κ1) is 18.6. The van der Waals surface area contributed by atoms with Gasteiger partial charge >= 0.3 is 0 Å². The summed E-state index contributed by atoms with van der Waals surface area (Å²) in [5.74, 6) is 1.08. The van der Waals surface area contributed by atoms with Gasteiger partial charge in [0, 0.05) is 0 Å². The lowest BCUT2D eigenvalue weighted by molar-refractivity contribution is 0.817. The maximum Gasteiger partial charge on any atom is 0.250 e. The standard InChI is InChI=1S/C23H22N6/c1-17-10-6-7-13-20(17)27-25-18(2)26-28-23-24-21-14-8-9-15-22(21)29(23)16-19-11-4-3-5-12-19/h3-15,27H,16H2,1-2H3. The number of aryl methyl sites for hydroxylation is 1. The van der Waals surface area contributed by atoms with E-state index in [9.17, 15) is 0 Å². The van der Waals surface area contributed by atoms with Crippen LogP contribution in [-0.2, 0) is 6.54 Å². The highest BCUT2D eigenvalue weighted by Gasteiger charge is 2.10. The molecule has 6 nitrogen and oxygen atoms in total. The first-order chi connectivity index (χ1) is 14.2. The molecule has 0 amide bonds. The van der Waals surface area contributed by atoms with E-state index in [0.717, 1.165) is 22.3 Å². The number of anilines is 1. The van der Waals surface area contributed by atoms with Crippen LogP contribution in [0.25, 0.3) is 11.0 Å². The lowest BCUT2D eigenvalue weighted by atomic mass is 10.2. The molecule has 1 aromatic heterocycles. The smallest absolute Gasteiger partial charge is 0.250 e. The molecule has 1 heterocycles. The van der Waals surface area contributed by atoms with Crippen molar-refractivity contribution in [3.8, 4) is 0 Å². The number of hydrogen-bond acceptors (Lipinski definition) is 4. The molecule has 4 rings (SSSR count). The molecule has 0 aliphatic carbocycles. The van der Waals surface area contributed by atoms with Crippen molar-refractivity contribution in [3.05, 3.63) is 90.0 Å². The average Bonchev–Trinajstić information content (AvgIpc) is 3.10. The summed E-state index contributed by atoms with van der Waals surface area (Å²) in [7, 11) is 0. The number of fused-ring (bicyclic) bond motifs is 1. The largest absolute Gasteiger partial charge is 0.303 e. The van der Waals surface area contributed by atoms with Gasteiger partial charge in [-0.2, -0.15) is 5.10 Å². The van der Waals surface area contributed by atoms with Crippen LogP contribution in [0.2, 0.25) is 0 Å². The maximum atomic E-state index is 4.64. The van der Waals surface area contributed by atoms with E-state index in [4.69, 9.17) is 0 Å². The minimum Gasteiger partial charge on any atom is -0.303 e. The third kappa shape index (κ3) is 4.38. The summed E-state index contributed by atoms with van der Waals surface area (Å²) in [4.78, 5) is 4.64. The van der Waals surface area contributed by atoms with Crippen LogP contribution in [0.3, 0.4) is 0 Å². The highest BCUT2D eigenvalue weighted by Crippen LogP contribution is 2.23. The third-order valence-corrected chi connectivity index (χ3v) is 4.59. The minimum absolute atomic E-state index is 0.520. The Morgan fingerprint density at radius 1 is 0.931 bits per heavy atom. The van der Waals surface area contributed by atoms with Crippen LogP contribution in [0.1, 0.15) is 18.1 Å². The molecule has 0 aliphatic heterocycles. The lowest BCUT2D eigenvalue weighted by Gasteiger charge is -2.06. The molecule has 0 fully saturated rings. The summed E-state index contributed by atoms with van der Waals surface area (Å²) in [6, 6.07) is 26.2. The Balaban J connectivity index is 1.60. The van der Waals surface area contributed by atoms with E-state index in [1.165, 1.54) is 5.56 Å². The van der Waals surface area contributed by atoms with Crippen molar-refractivity contribution in [2.75, 3.05) is 5.43 Å². The summed E-state index contributed by atoms with van der Waals surface area (Å²) in [6.45, 7) is 4.51. The molecule has 3 aromatic carbocycles. The first-order valence-corrected chi connectivity index (χ1v) is 9.47. The average molecular weight is 382 g/mol. The predicted molar refractivity (Wildman–Crippen MR) is 118 cm³/mol. The Morgan fingerprint density at radius 2 is 1.66 bits per heavy atom. The van der Waals surface area contributed by atoms with Crippen LogP contribution in [-0.4, -0.2) is 15.4 Å². The Morgan fingerprint density at radius 3 is 2.48 bits per heavy atom. The Bertz CT molecular complexity index is 1170. The van der Waals surface area contributed by atoms with Crippen molar-refractivity contribution in [3.63, 3.8) is 0 Å². The van der Waals surface area contributed by atoms with Gasteiger partial charge in [-0.3, -0.25) is 5.43 Å². The van der Waals surface area contributed by atoms with Gasteiger partial charge in [0.1, 0.15) is 0 Å². The van der Waals surface area contributed by atoms with Crippen molar-refractivity contribution in [1.29, 1.82) is 0 Å². The van der Waals surface area contributed by atoms with Gasteiger partial charge in [-0.1, -0.05) is 60.7 Å². The predicted octanol–water partition coefficient (Wildman–Crippen LogP) is 5.92. The van der Waals surface area contributed by atoms with Crippen LogP contribution in [0.15, 0.2) is 94.2 Å². The van der Waals surface area contributed by atoms with E-state index in [2.05, 4.69) is 42.4 Å². The molecule has 0 unspecified atom stereocenters. The number of nitrogens with one attached hydrogen (secondary N) is 1. The highest BCUT2D eigenvalue weighted by atomic mass is 15.3. The fourth-order valence-corrected chi connectivity index (χ4v) is 3.04. The molecular weight excluding hydrogens is 360 g/mol. The molecule has 0 spiro atoms. The topological polar surface area (TPSA) is 66.9 Å². The second-order valence-electron chi connectivity index (χ2n) is 6.76. The van der Waals surface area contributed by atoms with Crippen molar-refractivity contribution >= 4 is 28.5 Å². The zero-order chi connectivity index (χ0) is 20.1. The van der Waals surface area contributed by atoms with Gasteiger partial charge in [-0.15, -0.1) is 10.2 Å². The van der Waals surface area contributed by atoms with Crippen molar-refractivity contribution in [2.45, 2.75) is 20.4 Å². The van der Waals surface area contributed by atoms with E-state index >= 15 is 0 Å². The van der Waals surface area contributed by atoms with E-state index in [1.54, 1.807) is 6.92 Å². The molecule has 0 saturated carbocycles. The van der Waals surface area contributed by atoms with Crippen molar-refractivity contribution in [1.82, 2.24) is 9.55 Å². The molecule has 1 N–H and O–H groups in total. The van der Waals surface area contributed by atoms with Crippen LogP contribution in [0.5, 0.6) is 0 Å². The van der Waals surface area contributed by atoms with E-state index < -0.39 is 0 Å². The summed E-state index contributed by atoms with van der Waals surface area (Å²) >= 11 is 0. The van der Waals surface area contributed by atoms with Gasteiger partial charge < -0.3 is 4.57 Å². The number of nitrogens with zero attached hydrogens (tertiary/aromatic N) is 5. The second-order valence-corrected chi connectivity index (χ2v) is 6.76. The lowest BCUT2D eigenvalue weighted by Crippen LogP contribution is -1.99. The van der Waals surface area contributed by atoms with Gasteiger partial charge in [-0.05, 0) is 43.2 Å². The SMILES string of the molecule is CC(N=Nc1nc2ccccc2n1Cc1ccccc1)=NNc1ccccc1C. The number of amidine groups is 1. The second kappa shape index (κ2) is 8.48. The normalized spacial score (nSPS) is 12.0. The number of para-hydroxylation sites is 3. The molecule has 144 valence electrons. The zero-order valence-corrected chi connectivity index (χ0v) is 16.4. The van der Waals surface area contributed by atoms with E-state index in [-0.39, 0.29) is 0 Å². The summed E-state index contributed by atoms with van der Waals surface area (Å²) in [5, 5.41) is 13.0. The van der Waals surface area contributed by atoms with Gasteiger partial charge in [0.15, 0.2) is 5.84 Å². The van der Waals surface area contributed by atoms with Crippen LogP contribution >= 0.6 is 0 Å². The summed E-state index contributed by atoms with van der Waals surface area (Å²) < 4.78 is 2.07. The quantitative estimate of drug-likeness (QED) is 0.201. The monoisotopic (exact) mass is 382 g/mol. The van der Waals surface area contributed by atoms with Crippen LogP contribution < -0.4 is 5.43 Å². The molecule has 0 saturated heterocycles. The number of hydrazone groups is 1. The molecule has 4 aromatic rings. The summed E-state index contributed by atoms with van der Waals surface area (Å²) in [6.07, 6.45) is 0. The molecule has 0 atom stereocenters. The first-order valence-electron chi connectivity index (χ1n) is 9.47. The number of rotatable bonds is 5. The van der Waals surface area contributed by atoms with Crippen LogP contribution in [0.4, 0.5) is 11.6 Å². The fourth-order valence-electron chi connectivity index (χ4n) is 3.04. The third-order valence-electron chi connectivity index (χ3n) is 4.59. The number of hydrogen-bond donors (Lipinski definition) is 1. The fraction of sp³-hybridized carbons (Fsp3) is 0.130. The van der Waals surface area contributed by atoms with Gasteiger partial charge in [0.2, 0.25) is 0 Å². The Labute approximate surface area is 169 Å².